The first kappa shape index (κ1) is 16.4. The van der Waals surface area contributed by atoms with Crippen LogP contribution in [-0.2, 0) is 28.6 Å². The van der Waals surface area contributed by atoms with Gasteiger partial charge in [-0.3, -0.25) is 14.4 Å². The van der Waals surface area contributed by atoms with Crippen LogP contribution in [0.25, 0.3) is 0 Å². The highest BCUT2D eigenvalue weighted by Crippen LogP contribution is 2.28. The van der Waals surface area contributed by atoms with Crippen molar-refractivity contribution < 1.29 is 33.7 Å². The molecule has 1 aliphatic rings. The second kappa shape index (κ2) is 6.19. The van der Waals surface area contributed by atoms with Crippen LogP contribution in [0, 0.1) is 0 Å². The minimum atomic E-state index is -1.80. The molecule has 0 aliphatic carbocycles. The highest BCUT2D eigenvalue weighted by Gasteiger charge is 2.51. The number of hydrogen-bond donors (Lipinski definition) is 2. The van der Waals surface area contributed by atoms with Gasteiger partial charge in [0.2, 0.25) is 11.7 Å². The van der Waals surface area contributed by atoms with Gasteiger partial charge in [0.15, 0.2) is 6.10 Å². The number of amides is 1. The van der Waals surface area contributed by atoms with Crippen molar-refractivity contribution in [2.45, 2.75) is 51.7 Å². The number of rotatable bonds is 3. The van der Waals surface area contributed by atoms with E-state index >= 15 is 0 Å². The summed E-state index contributed by atoms with van der Waals surface area (Å²) in [5.41, 5.74) is 0. The van der Waals surface area contributed by atoms with Gasteiger partial charge in [-0.2, -0.15) is 0 Å². The average molecular weight is 289 g/mol. The van der Waals surface area contributed by atoms with Gasteiger partial charge in [0.05, 0.1) is 6.61 Å². The Balaban J connectivity index is 3.02. The largest absolute Gasteiger partial charge is 0.458 e. The second-order valence-corrected chi connectivity index (χ2v) is 4.77. The molecule has 8 nitrogen and oxygen atoms in total. The van der Waals surface area contributed by atoms with Crippen LogP contribution in [-0.4, -0.2) is 53.6 Å². The maximum absolute atomic E-state index is 11.3. The fourth-order valence-corrected chi connectivity index (χ4v) is 2.05. The van der Waals surface area contributed by atoms with Crippen LogP contribution in [0.1, 0.15) is 27.7 Å². The minimum Gasteiger partial charge on any atom is -0.458 e. The lowest BCUT2D eigenvalue weighted by atomic mass is 9.94. The summed E-state index contributed by atoms with van der Waals surface area (Å²) in [6.07, 6.45) is -2.05. The fourth-order valence-electron chi connectivity index (χ4n) is 2.05. The highest BCUT2D eigenvalue weighted by molar-refractivity contribution is 5.74. The molecule has 0 spiro atoms. The summed E-state index contributed by atoms with van der Waals surface area (Å²) in [6, 6.07) is -0.899. The molecule has 114 valence electrons. The van der Waals surface area contributed by atoms with Crippen molar-refractivity contribution in [3.63, 3.8) is 0 Å². The number of ether oxygens (including phenoxy) is 3. The molecule has 1 heterocycles. The summed E-state index contributed by atoms with van der Waals surface area (Å²) in [5.74, 6) is -3.44. The number of aliphatic hydroxyl groups is 1. The van der Waals surface area contributed by atoms with Crippen LogP contribution in [0.3, 0.4) is 0 Å². The standard InChI is InChI=1S/C12H19NO7/c1-6(14)13-10-9(19-7(2)15)5-18-12(4,17)11(10)20-8(3)16/h9-11,17H,5H2,1-4H3,(H,13,14)/t9-,10-,11-,12+/m0/s1. The Bertz CT molecular complexity index is 407. The summed E-state index contributed by atoms with van der Waals surface area (Å²) >= 11 is 0. The predicted octanol–water partition coefficient (Wildman–Crippen LogP) is -0.907. The van der Waals surface area contributed by atoms with E-state index < -0.39 is 41.9 Å². The lowest BCUT2D eigenvalue weighted by Gasteiger charge is -2.44. The molecule has 0 bridgehead atoms. The van der Waals surface area contributed by atoms with Gasteiger partial charge in [0, 0.05) is 20.8 Å². The van der Waals surface area contributed by atoms with Crippen LogP contribution in [0.5, 0.6) is 0 Å². The third-order valence-corrected chi connectivity index (χ3v) is 2.77. The Morgan fingerprint density at radius 1 is 1.20 bits per heavy atom. The van der Waals surface area contributed by atoms with Gasteiger partial charge in [-0.25, -0.2) is 0 Å². The van der Waals surface area contributed by atoms with E-state index in [-0.39, 0.29) is 6.61 Å². The van der Waals surface area contributed by atoms with Gasteiger partial charge < -0.3 is 24.6 Å². The van der Waals surface area contributed by atoms with Crippen LogP contribution < -0.4 is 5.32 Å². The maximum atomic E-state index is 11.3. The number of carbonyl (C=O) groups excluding carboxylic acids is 3. The van der Waals surface area contributed by atoms with Crippen LogP contribution in [0.4, 0.5) is 0 Å². The number of carbonyl (C=O) groups is 3. The minimum absolute atomic E-state index is 0.130. The second-order valence-electron chi connectivity index (χ2n) is 4.77. The number of esters is 2. The lowest BCUT2D eigenvalue weighted by Crippen LogP contribution is -2.66. The summed E-state index contributed by atoms with van der Waals surface area (Å²) < 4.78 is 15.2. The van der Waals surface area contributed by atoms with E-state index in [0.717, 1.165) is 6.92 Å². The molecule has 0 aromatic carbocycles. The topological polar surface area (TPSA) is 111 Å². The van der Waals surface area contributed by atoms with Gasteiger partial charge in [-0.1, -0.05) is 0 Å². The molecule has 1 amide bonds. The molecule has 20 heavy (non-hydrogen) atoms. The molecule has 1 aliphatic heterocycles. The molecule has 1 rings (SSSR count). The molecular weight excluding hydrogens is 270 g/mol. The van der Waals surface area contributed by atoms with E-state index in [9.17, 15) is 19.5 Å². The van der Waals surface area contributed by atoms with Crippen LogP contribution in [0.15, 0.2) is 0 Å². The average Bonchev–Trinajstić information content (AvgIpc) is 2.26. The highest BCUT2D eigenvalue weighted by atomic mass is 16.7. The van der Waals surface area contributed by atoms with Crippen molar-refractivity contribution >= 4 is 17.8 Å². The predicted molar refractivity (Wildman–Crippen MR) is 65.3 cm³/mol. The maximum Gasteiger partial charge on any atom is 0.303 e. The summed E-state index contributed by atoms with van der Waals surface area (Å²) in [5, 5.41) is 12.6. The zero-order valence-corrected chi connectivity index (χ0v) is 11.8. The van der Waals surface area contributed by atoms with E-state index in [1.807, 2.05) is 0 Å². The Hall–Kier alpha value is -1.67. The monoisotopic (exact) mass is 289 g/mol. The van der Waals surface area contributed by atoms with E-state index in [1.54, 1.807) is 0 Å². The molecule has 0 saturated carbocycles. The quantitative estimate of drug-likeness (QED) is 0.647. The SMILES string of the molecule is CC(=O)N[C@H]1[C@@H](OC(C)=O)CO[C@@](C)(O)[C@H]1OC(C)=O. The number of nitrogens with one attached hydrogen (secondary N) is 1. The zero-order chi connectivity index (χ0) is 15.5. The first-order valence-corrected chi connectivity index (χ1v) is 6.11. The van der Waals surface area contributed by atoms with Crippen molar-refractivity contribution in [2.24, 2.45) is 0 Å². The van der Waals surface area contributed by atoms with Gasteiger partial charge in [-0.05, 0) is 6.92 Å². The molecule has 1 saturated heterocycles. The molecule has 0 aromatic heterocycles. The molecule has 0 aromatic rings. The molecule has 1 fully saturated rings. The lowest BCUT2D eigenvalue weighted by molar-refractivity contribution is -0.296. The van der Waals surface area contributed by atoms with Gasteiger partial charge >= 0.3 is 11.9 Å². The summed E-state index contributed by atoms with van der Waals surface area (Å²) in [7, 11) is 0. The first-order valence-electron chi connectivity index (χ1n) is 6.11. The van der Waals surface area contributed by atoms with Crippen LogP contribution >= 0.6 is 0 Å². The fraction of sp³-hybridized carbons (Fsp3) is 0.750. The Morgan fingerprint density at radius 2 is 1.75 bits per heavy atom. The Kier molecular flexibility index (Phi) is 5.07. The molecule has 2 N–H and O–H groups in total. The third-order valence-electron chi connectivity index (χ3n) is 2.77. The van der Waals surface area contributed by atoms with Crippen molar-refractivity contribution in [2.75, 3.05) is 6.61 Å². The van der Waals surface area contributed by atoms with Crippen molar-refractivity contribution in [1.29, 1.82) is 0 Å². The molecule has 8 heteroatoms. The molecule has 0 radical (unpaired) electrons. The molecular formula is C12H19NO7. The first-order chi connectivity index (χ1) is 9.13. The van der Waals surface area contributed by atoms with Crippen molar-refractivity contribution in [3.05, 3.63) is 0 Å². The van der Waals surface area contributed by atoms with E-state index in [4.69, 9.17) is 14.2 Å². The summed E-state index contributed by atoms with van der Waals surface area (Å²) in [6.45, 7) is 4.81. The van der Waals surface area contributed by atoms with Gasteiger partial charge in [-0.15, -0.1) is 0 Å². The number of hydrogen-bond acceptors (Lipinski definition) is 7. The smallest absolute Gasteiger partial charge is 0.303 e. The normalized spacial score (nSPS) is 33.1. The van der Waals surface area contributed by atoms with E-state index in [0.29, 0.717) is 0 Å². The van der Waals surface area contributed by atoms with E-state index in [2.05, 4.69) is 5.32 Å². The molecule has 4 atom stereocenters. The third kappa shape index (κ3) is 4.17. The van der Waals surface area contributed by atoms with Crippen molar-refractivity contribution in [3.8, 4) is 0 Å². The summed E-state index contributed by atoms with van der Waals surface area (Å²) in [4.78, 5) is 33.5. The van der Waals surface area contributed by atoms with E-state index in [1.165, 1.54) is 20.8 Å². The zero-order valence-electron chi connectivity index (χ0n) is 11.8. The Morgan fingerprint density at radius 3 is 2.20 bits per heavy atom. The molecule has 0 unspecified atom stereocenters. The van der Waals surface area contributed by atoms with Gasteiger partial charge in [0.1, 0.15) is 12.1 Å². The van der Waals surface area contributed by atoms with Crippen LogP contribution in [0.2, 0.25) is 0 Å². The van der Waals surface area contributed by atoms with Crippen molar-refractivity contribution in [1.82, 2.24) is 5.32 Å². The van der Waals surface area contributed by atoms with Gasteiger partial charge in [0.25, 0.3) is 0 Å². The Labute approximate surface area is 116 Å².